The summed E-state index contributed by atoms with van der Waals surface area (Å²) < 4.78 is 60.6. The highest BCUT2D eigenvalue weighted by Crippen LogP contribution is 2.26. The number of nitrogens with one attached hydrogen (secondary N) is 2. The molecule has 0 atom stereocenters. The number of benzene rings is 2. The number of aromatic nitrogens is 2. The first-order valence-corrected chi connectivity index (χ1v) is 9.51. The zero-order valence-electron chi connectivity index (χ0n) is 14.4. The average Bonchev–Trinajstić information content (AvgIpc) is 3.19. The van der Waals surface area contributed by atoms with E-state index in [1.165, 1.54) is 35.9 Å². The smallest absolute Gasteiger partial charge is 0.403 e. The van der Waals surface area contributed by atoms with Crippen molar-refractivity contribution in [3.8, 4) is 5.75 Å². The normalized spacial score (nSPS) is 11.2. The van der Waals surface area contributed by atoms with Gasteiger partial charge in [0.05, 0.1) is 0 Å². The average molecular weight is 444 g/mol. The van der Waals surface area contributed by atoms with Gasteiger partial charge in [-0.25, -0.2) is 9.37 Å². The molecule has 1 aromatic heterocycles. The van der Waals surface area contributed by atoms with Crippen molar-refractivity contribution in [3.05, 3.63) is 65.7 Å². The molecule has 0 unspecified atom stereocenters. The van der Waals surface area contributed by atoms with Crippen LogP contribution in [-0.4, -0.2) is 21.6 Å². The standard InChI is InChI=1S/C17H12F4N4O2S2/c18-13-7-10(1-6-14(13)27-17(19,20)21)8-22-15(26)11-2-4-12(5-3-11)28-25-16-23-9-24-29-16/h1-7,9H,8H2,(H,22,26)(H,23,24,25). The summed E-state index contributed by atoms with van der Waals surface area (Å²) in [5, 5.41) is 3.23. The summed E-state index contributed by atoms with van der Waals surface area (Å²) in [7, 11) is 0. The Morgan fingerprint density at radius 3 is 2.55 bits per heavy atom. The molecule has 0 saturated carbocycles. The first-order chi connectivity index (χ1) is 13.8. The first-order valence-electron chi connectivity index (χ1n) is 7.92. The molecule has 3 aromatic rings. The predicted molar refractivity (Wildman–Crippen MR) is 100 cm³/mol. The molecule has 6 nitrogen and oxygen atoms in total. The van der Waals surface area contributed by atoms with Gasteiger partial charge in [-0.2, -0.15) is 4.37 Å². The Kier molecular flexibility index (Phi) is 6.54. The minimum Gasteiger partial charge on any atom is -0.403 e. The summed E-state index contributed by atoms with van der Waals surface area (Å²) in [6.45, 7) is -0.0584. The van der Waals surface area contributed by atoms with Crippen LogP contribution in [0.5, 0.6) is 5.75 Å². The van der Waals surface area contributed by atoms with Crippen LogP contribution >= 0.6 is 23.5 Å². The topological polar surface area (TPSA) is 76.1 Å². The van der Waals surface area contributed by atoms with Crippen molar-refractivity contribution in [1.29, 1.82) is 0 Å². The van der Waals surface area contributed by atoms with Crippen molar-refractivity contribution < 1.29 is 27.1 Å². The van der Waals surface area contributed by atoms with E-state index in [0.717, 1.165) is 17.0 Å². The number of halogens is 4. The number of rotatable bonds is 7. The van der Waals surface area contributed by atoms with Crippen LogP contribution in [0.4, 0.5) is 22.7 Å². The molecule has 12 heteroatoms. The Morgan fingerprint density at radius 1 is 1.17 bits per heavy atom. The van der Waals surface area contributed by atoms with E-state index in [9.17, 15) is 22.4 Å². The number of alkyl halides is 3. The van der Waals surface area contributed by atoms with Crippen molar-refractivity contribution in [2.24, 2.45) is 0 Å². The number of anilines is 1. The molecule has 0 aliphatic heterocycles. The lowest BCUT2D eigenvalue weighted by Gasteiger charge is -2.11. The Balaban J connectivity index is 1.53. The predicted octanol–water partition coefficient (Wildman–Crippen LogP) is 4.63. The van der Waals surface area contributed by atoms with E-state index in [1.807, 2.05) is 0 Å². The number of hydrogen-bond acceptors (Lipinski definition) is 7. The molecule has 152 valence electrons. The number of carbonyl (C=O) groups excluding carboxylic acids is 1. The zero-order valence-corrected chi connectivity index (χ0v) is 16.0. The molecule has 2 aromatic carbocycles. The molecule has 1 heterocycles. The molecule has 2 N–H and O–H groups in total. The summed E-state index contributed by atoms with van der Waals surface area (Å²) in [4.78, 5) is 17.0. The highest BCUT2D eigenvalue weighted by molar-refractivity contribution is 8.00. The van der Waals surface area contributed by atoms with E-state index >= 15 is 0 Å². The van der Waals surface area contributed by atoms with Crippen LogP contribution in [0.2, 0.25) is 0 Å². The Labute approximate surface area is 170 Å². The van der Waals surface area contributed by atoms with Gasteiger partial charge >= 0.3 is 6.36 Å². The maximum atomic E-state index is 13.7. The minimum atomic E-state index is -4.98. The largest absolute Gasteiger partial charge is 0.573 e. The lowest BCUT2D eigenvalue weighted by atomic mass is 10.2. The molecule has 0 aliphatic carbocycles. The van der Waals surface area contributed by atoms with Gasteiger partial charge in [0, 0.05) is 28.5 Å². The molecule has 1 amide bonds. The van der Waals surface area contributed by atoms with E-state index < -0.39 is 23.8 Å². The number of carbonyl (C=O) groups is 1. The van der Waals surface area contributed by atoms with Crippen LogP contribution in [0.3, 0.4) is 0 Å². The summed E-state index contributed by atoms with van der Waals surface area (Å²) in [6, 6.07) is 9.67. The summed E-state index contributed by atoms with van der Waals surface area (Å²) in [6.07, 6.45) is -3.54. The van der Waals surface area contributed by atoms with E-state index in [4.69, 9.17) is 0 Å². The quantitative estimate of drug-likeness (QED) is 0.409. The van der Waals surface area contributed by atoms with Crippen LogP contribution in [0.1, 0.15) is 15.9 Å². The Morgan fingerprint density at radius 2 is 1.93 bits per heavy atom. The van der Waals surface area contributed by atoms with E-state index in [-0.39, 0.29) is 6.54 Å². The summed E-state index contributed by atoms with van der Waals surface area (Å²) in [5.41, 5.74) is 0.668. The van der Waals surface area contributed by atoms with Gasteiger partial charge < -0.3 is 14.8 Å². The highest BCUT2D eigenvalue weighted by Gasteiger charge is 2.32. The molecule has 0 aliphatic rings. The van der Waals surface area contributed by atoms with Gasteiger partial charge in [0.15, 0.2) is 11.6 Å². The molecule has 0 radical (unpaired) electrons. The van der Waals surface area contributed by atoms with Gasteiger partial charge in [0.1, 0.15) is 6.33 Å². The van der Waals surface area contributed by atoms with E-state index in [1.54, 1.807) is 24.3 Å². The number of nitrogens with zero attached hydrogens (tertiary/aromatic N) is 2. The van der Waals surface area contributed by atoms with E-state index in [2.05, 4.69) is 24.1 Å². The van der Waals surface area contributed by atoms with Crippen molar-refractivity contribution in [2.75, 3.05) is 4.72 Å². The second-order valence-corrected chi connectivity index (χ2v) is 7.13. The fraction of sp³-hybridized carbons (Fsp3) is 0.118. The minimum absolute atomic E-state index is 0.0584. The molecule has 0 saturated heterocycles. The van der Waals surface area contributed by atoms with Crippen LogP contribution in [0.25, 0.3) is 0 Å². The molecular weight excluding hydrogens is 432 g/mol. The molecular formula is C17H12F4N4O2S2. The molecule has 3 rings (SSSR count). The Bertz CT molecular complexity index is 967. The number of hydrogen-bond donors (Lipinski definition) is 2. The van der Waals surface area contributed by atoms with Crippen molar-refractivity contribution >= 4 is 34.5 Å². The van der Waals surface area contributed by atoms with Crippen LogP contribution < -0.4 is 14.8 Å². The van der Waals surface area contributed by atoms with Crippen LogP contribution in [0, 0.1) is 5.82 Å². The molecule has 29 heavy (non-hydrogen) atoms. The monoisotopic (exact) mass is 444 g/mol. The second-order valence-electron chi connectivity index (χ2n) is 5.47. The molecule has 0 fully saturated rings. The Hall–Kier alpha value is -2.86. The van der Waals surface area contributed by atoms with Gasteiger partial charge in [0.25, 0.3) is 5.91 Å². The number of ether oxygens (including phenoxy) is 1. The second kappa shape index (κ2) is 9.09. The van der Waals surface area contributed by atoms with Gasteiger partial charge in [0.2, 0.25) is 5.13 Å². The molecule has 0 bridgehead atoms. The van der Waals surface area contributed by atoms with Gasteiger partial charge in [-0.3, -0.25) is 4.79 Å². The summed E-state index contributed by atoms with van der Waals surface area (Å²) >= 11 is 2.52. The lowest BCUT2D eigenvalue weighted by Crippen LogP contribution is -2.23. The van der Waals surface area contributed by atoms with Gasteiger partial charge in [-0.05, 0) is 53.9 Å². The third-order valence-corrected chi connectivity index (χ3v) is 4.92. The third kappa shape index (κ3) is 6.32. The van der Waals surface area contributed by atoms with Crippen LogP contribution in [0.15, 0.2) is 53.7 Å². The molecule has 0 spiro atoms. The maximum Gasteiger partial charge on any atom is 0.573 e. The van der Waals surface area contributed by atoms with Crippen molar-refractivity contribution in [3.63, 3.8) is 0 Å². The maximum absolute atomic E-state index is 13.7. The van der Waals surface area contributed by atoms with Gasteiger partial charge in [-0.15, -0.1) is 13.2 Å². The SMILES string of the molecule is O=C(NCc1ccc(OC(F)(F)F)c(F)c1)c1ccc(SNc2ncns2)cc1. The number of amides is 1. The van der Waals surface area contributed by atoms with Crippen molar-refractivity contribution in [2.45, 2.75) is 17.8 Å². The third-order valence-electron chi connectivity index (χ3n) is 3.41. The first kappa shape index (κ1) is 20.9. The lowest BCUT2D eigenvalue weighted by molar-refractivity contribution is -0.275. The highest BCUT2D eigenvalue weighted by atomic mass is 32.2. The fourth-order valence-corrected chi connectivity index (χ4v) is 3.23. The van der Waals surface area contributed by atoms with E-state index in [0.29, 0.717) is 16.3 Å². The van der Waals surface area contributed by atoms with Crippen molar-refractivity contribution in [1.82, 2.24) is 14.7 Å². The fourth-order valence-electron chi connectivity index (χ4n) is 2.14. The summed E-state index contributed by atoms with van der Waals surface area (Å²) in [5.74, 6) is -2.50. The zero-order chi connectivity index (χ0) is 20.9. The van der Waals surface area contributed by atoms with Gasteiger partial charge in [-0.1, -0.05) is 6.07 Å². The van der Waals surface area contributed by atoms with Crippen LogP contribution in [-0.2, 0) is 6.54 Å².